The minimum absolute atomic E-state index is 0.102. The van der Waals surface area contributed by atoms with Gasteiger partial charge in [-0.15, -0.1) is 23.5 Å². The van der Waals surface area contributed by atoms with E-state index in [4.69, 9.17) is 0 Å². The maximum Gasteiger partial charge on any atom is 0.0783 e. The Kier molecular flexibility index (Phi) is 7.13. The fourth-order valence-electron chi connectivity index (χ4n) is 8.14. The highest BCUT2D eigenvalue weighted by atomic mass is 32.2. The molecule has 0 aromatic carbocycles. The average Bonchev–Trinajstić information content (AvgIpc) is 3.13. The number of aliphatic hydroxyl groups is 1. The molecule has 3 saturated carbocycles. The Morgan fingerprint density at radius 3 is 2.47 bits per heavy atom. The number of aliphatic hydroxyl groups excluding tert-OH is 1. The van der Waals surface area contributed by atoms with Crippen LogP contribution >= 0.6 is 23.5 Å². The van der Waals surface area contributed by atoms with Gasteiger partial charge in [-0.1, -0.05) is 51.5 Å². The van der Waals surface area contributed by atoms with Gasteiger partial charge in [0.1, 0.15) is 0 Å². The van der Waals surface area contributed by atoms with Crippen LogP contribution in [0.5, 0.6) is 0 Å². The predicted octanol–water partition coefficient (Wildman–Crippen LogP) is 7.70. The van der Waals surface area contributed by atoms with Crippen LogP contribution in [-0.2, 0) is 0 Å². The molecule has 0 amide bonds. The molecule has 170 valence electrons. The zero-order chi connectivity index (χ0) is 21.5. The van der Waals surface area contributed by atoms with Gasteiger partial charge in [0, 0.05) is 0 Å². The smallest absolute Gasteiger partial charge is 0.0783 e. The Bertz CT molecular complexity index is 666. The molecule has 4 aliphatic carbocycles. The first-order valence-electron chi connectivity index (χ1n) is 12.7. The van der Waals surface area contributed by atoms with Crippen LogP contribution in [0.2, 0.25) is 0 Å². The summed E-state index contributed by atoms with van der Waals surface area (Å²) < 4.78 is 0.426. The Morgan fingerprint density at radius 1 is 1.00 bits per heavy atom. The average molecular weight is 449 g/mol. The van der Waals surface area contributed by atoms with Crippen LogP contribution < -0.4 is 0 Å². The van der Waals surface area contributed by atoms with Crippen LogP contribution in [0, 0.1) is 34.5 Å². The van der Waals surface area contributed by atoms with Gasteiger partial charge in [-0.3, -0.25) is 0 Å². The molecule has 0 aromatic rings. The summed E-state index contributed by atoms with van der Waals surface area (Å²) in [5.74, 6) is 5.60. The van der Waals surface area contributed by atoms with Crippen molar-refractivity contribution in [3.05, 3.63) is 23.8 Å². The van der Waals surface area contributed by atoms with Crippen LogP contribution in [0.3, 0.4) is 0 Å². The summed E-state index contributed by atoms with van der Waals surface area (Å²) in [4.78, 5) is 0. The molecule has 0 bridgehead atoms. The van der Waals surface area contributed by atoms with E-state index in [1.54, 1.807) is 5.57 Å². The van der Waals surface area contributed by atoms with Gasteiger partial charge >= 0.3 is 0 Å². The number of rotatable bonds is 2. The standard InChI is InChI=1S/C25H38OS2.C2H6/c1-16-9-11-24(2)17(15-16)5-6-18-19-7-8-21(25(19,3)12-10-20(18)24)22(26)23-27-13-4-14-28-23;1-2/h15,18-23,26H,1,4-14H2,2-3H3;1-2H3. The van der Waals surface area contributed by atoms with Crippen LogP contribution in [0.25, 0.3) is 0 Å². The summed E-state index contributed by atoms with van der Waals surface area (Å²) >= 11 is 4.06. The van der Waals surface area contributed by atoms with Crippen LogP contribution in [-0.4, -0.2) is 27.3 Å². The normalized spacial score (nSPS) is 44.7. The number of allylic oxidation sites excluding steroid dienone is 3. The van der Waals surface area contributed by atoms with Crippen molar-refractivity contribution in [2.24, 2.45) is 34.5 Å². The maximum absolute atomic E-state index is 11.4. The SMILES string of the molecule is C=C1C=C2CCC3C(CCC4(C)C(C(O)C5SCCCS5)CCC34)C2(C)CC1.CC. The summed E-state index contributed by atoms with van der Waals surface area (Å²) in [7, 11) is 0. The minimum atomic E-state index is -0.102. The fraction of sp³-hybridized carbons (Fsp3) is 0.852. The van der Waals surface area contributed by atoms with Gasteiger partial charge in [-0.05, 0) is 104 Å². The van der Waals surface area contributed by atoms with Gasteiger partial charge in [0.25, 0.3) is 0 Å². The van der Waals surface area contributed by atoms with Crippen LogP contribution in [0.4, 0.5) is 0 Å². The zero-order valence-corrected chi connectivity index (χ0v) is 21.4. The fourth-order valence-corrected chi connectivity index (χ4v) is 11.1. The van der Waals surface area contributed by atoms with Crippen LogP contribution in [0.15, 0.2) is 23.8 Å². The lowest BCUT2D eigenvalue weighted by Gasteiger charge is -2.58. The molecular weight excluding hydrogens is 404 g/mol. The topological polar surface area (TPSA) is 20.2 Å². The lowest BCUT2D eigenvalue weighted by Crippen LogP contribution is -2.51. The third kappa shape index (κ3) is 3.77. The first kappa shape index (κ1) is 23.3. The van der Waals surface area contributed by atoms with Gasteiger partial charge < -0.3 is 5.11 Å². The molecule has 0 radical (unpaired) electrons. The Labute approximate surface area is 194 Å². The summed E-state index contributed by atoms with van der Waals surface area (Å²) in [5.41, 5.74) is 3.88. The number of hydrogen-bond donors (Lipinski definition) is 1. The summed E-state index contributed by atoms with van der Waals surface area (Å²) in [6, 6.07) is 0. The Balaban J connectivity index is 0.00000106. The highest BCUT2D eigenvalue weighted by molar-refractivity contribution is 8.17. The van der Waals surface area contributed by atoms with E-state index >= 15 is 0 Å². The van der Waals surface area contributed by atoms with Gasteiger partial charge in [-0.2, -0.15) is 0 Å². The largest absolute Gasteiger partial charge is 0.391 e. The lowest BCUT2D eigenvalue weighted by molar-refractivity contribution is -0.0692. The van der Waals surface area contributed by atoms with E-state index in [0.29, 0.717) is 21.3 Å². The molecular formula is C27H44OS2. The molecule has 1 heterocycles. The minimum Gasteiger partial charge on any atom is -0.391 e. The molecule has 5 rings (SSSR count). The third-order valence-electron chi connectivity index (χ3n) is 9.70. The second-order valence-corrected chi connectivity index (χ2v) is 13.6. The molecule has 4 fully saturated rings. The van der Waals surface area contributed by atoms with Crippen molar-refractivity contribution in [2.45, 2.75) is 96.2 Å². The van der Waals surface area contributed by atoms with Crippen molar-refractivity contribution in [2.75, 3.05) is 11.5 Å². The molecule has 1 N–H and O–H groups in total. The molecule has 1 nitrogen and oxygen atoms in total. The Hall–Kier alpha value is 0.140. The third-order valence-corrected chi connectivity index (χ3v) is 12.8. The van der Waals surface area contributed by atoms with E-state index < -0.39 is 0 Å². The molecule has 0 spiro atoms. The summed E-state index contributed by atoms with van der Waals surface area (Å²) in [5, 5.41) is 11.4. The molecule has 7 atom stereocenters. The highest BCUT2D eigenvalue weighted by Crippen LogP contribution is 2.67. The summed E-state index contributed by atoms with van der Waals surface area (Å²) in [6.07, 6.45) is 14.2. The van der Waals surface area contributed by atoms with Gasteiger partial charge in [0.05, 0.1) is 10.7 Å². The molecule has 1 aliphatic heterocycles. The highest BCUT2D eigenvalue weighted by Gasteiger charge is 2.60. The zero-order valence-electron chi connectivity index (χ0n) is 19.8. The predicted molar refractivity (Wildman–Crippen MR) is 135 cm³/mol. The van der Waals surface area contributed by atoms with E-state index in [-0.39, 0.29) is 6.10 Å². The van der Waals surface area contributed by atoms with E-state index in [1.807, 2.05) is 37.4 Å². The molecule has 5 aliphatic rings. The van der Waals surface area contributed by atoms with E-state index in [1.165, 1.54) is 74.9 Å². The number of hydrogen-bond acceptors (Lipinski definition) is 3. The molecule has 7 unspecified atom stereocenters. The molecule has 0 aromatic heterocycles. The van der Waals surface area contributed by atoms with Gasteiger partial charge in [0.2, 0.25) is 0 Å². The van der Waals surface area contributed by atoms with E-state index in [9.17, 15) is 5.11 Å². The van der Waals surface area contributed by atoms with Gasteiger partial charge in [-0.25, -0.2) is 0 Å². The van der Waals surface area contributed by atoms with Gasteiger partial charge in [0.15, 0.2) is 0 Å². The monoisotopic (exact) mass is 448 g/mol. The first-order chi connectivity index (χ1) is 14.4. The lowest BCUT2D eigenvalue weighted by atomic mass is 9.46. The van der Waals surface area contributed by atoms with Crippen molar-refractivity contribution in [3.63, 3.8) is 0 Å². The quantitative estimate of drug-likeness (QED) is 0.467. The maximum atomic E-state index is 11.4. The van der Waals surface area contributed by atoms with Crippen molar-refractivity contribution < 1.29 is 5.11 Å². The molecule has 3 heteroatoms. The number of thioether (sulfide) groups is 2. The second-order valence-electron chi connectivity index (χ2n) is 10.8. The number of fused-ring (bicyclic) bond motifs is 5. The van der Waals surface area contributed by atoms with Crippen molar-refractivity contribution in [1.29, 1.82) is 0 Å². The summed E-state index contributed by atoms with van der Waals surface area (Å²) in [6.45, 7) is 13.4. The molecule has 1 saturated heterocycles. The van der Waals surface area contributed by atoms with Crippen LogP contribution in [0.1, 0.15) is 85.5 Å². The van der Waals surface area contributed by atoms with Crippen molar-refractivity contribution in [3.8, 4) is 0 Å². The van der Waals surface area contributed by atoms with Crippen molar-refractivity contribution >= 4 is 23.5 Å². The second kappa shape index (κ2) is 9.18. The van der Waals surface area contributed by atoms with E-state index in [2.05, 4.69) is 26.5 Å². The Morgan fingerprint density at radius 2 is 1.73 bits per heavy atom. The molecule has 30 heavy (non-hydrogen) atoms. The van der Waals surface area contributed by atoms with Crippen molar-refractivity contribution in [1.82, 2.24) is 0 Å². The van der Waals surface area contributed by atoms with E-state index in [0.717, 1.165) is 17.8 Å². The first-order valence-corrected chi connectivity index (χ1v) is 14.8.